The summed E-state index contributed by atoms with van der Waals surface area (Å²) in [6.07, 6.45) is 0.928. The molecule has 0 aliphatic heterocycles. The second kappa shape index (κ2) is 6.60. The lowest BCUT2D eigenvalue weighted by molar-refractivity contribution is 0.766. The molecule has 0 aliphatic rings. The number of alkyl halides is 1. The molecule has 0 N–H and O–H groups in total. The summed E-state index contributed by atoms with van der Waals surface area (Å²) in [5.74, 6) is 0.935. The Morgan fingerprint density at radius 3 is 2.39 bits per heavy atom. The molecule has 0 fully saturated rings. The molecule has 2 aromatic carbocycles. The minimum Gasteiger partial charge on any atom is -0.126 e. The molecule has 0 spiro atoms. The Morgan fingerprint density at radius 2 is 1.78 bits per heavy atom. The lowest BCUT2D eigenvalue weighted by Gasteiger charge is -2.15. The van der Waals surface area contributed by atoms with E-state index in [2.05, 4.69) is 40.2 Å². The minimum absolute atomic E-state index is 0.324. The van der Waals surface area contributed by atoms with Crippen molar-refractivity contribution in [3.8, 4) is 0 Å². The fourth-order valence-electron chi connectivity index (χ4n) is 1.93. The zero-order valence-electron chi connectivity index (χ0n) is 9.74. The summed E-state index contributed by atoms with van der Waals surface area (Å²) in [6.45, 7) is 0. The number of rotatable bonds is 4. The molecule has 0 amide bonds. The molecule has 0 nitrogen and oxygen atoms in total. The van der Waals surface area contributed by atoms with Gasteiger partial charge in [-0.15, -0.1) is 11.6 Å². The molecule has 2 aromatic rings. The van der Waals surface area contributed by atoms with Crippen LogP contribution in [0.1, 0.15) is 17.0 Å². The van der Waals surface area contributed by atoms with E-state index in [1.165, 1.54) is 11.1 Å². The fraction of sp³-hybridized carbons (Fsp3) is 0.200. The van der Waals surface area contributed by atoms with Gasteiger partial charge in [-0.25, -0.2) is 0 Å². The predicted molar refractivity (Wildman–Crippen MR) is 82.8 cm³/mol. The van der Waals surface area contributed by atoms with Crippen molar-refractivity contribution in [2.45, 2.75) is 12.3 Å². The third kappa shape index (κ3) is 3.74. The van der Waals surface area contributed by atoms with Crippen molar-refractivity contribution >= 4 is 39.1 Å². The number of benzene rings is 2. The number of hydrogen-bond donors (Lipinski definition) is 0. The van der Waals surface area contributed by atoms with E-state index in [0.717, 1.165) is 15.9 Å². The smallest absolute Gasteiger partial charge is 0.0406 e. The Hall–Kier alpha value is -0.500. The maximum absolute atomic E-state index is 6.09. The van der Waals surface area contributed by atoms with E-state index in [-0.39, 0.29) is 0 Å². The van der Waals surface area contributed by atoms with Crippen LogP contribution in [0.2, 0.25) is 5.02 Å². The highest BCUT2D eigenvalue weighted by atomic mass is 79.9. The Morgan fingerprint density at radius 1 is 1.06 bits per heavy atom. The first-order valence-electron chi connectivity index (χ1n) is 5.75. The van der Waals surface area contributed by atoms with Gasteiger partial charge in [-0.05, 0) is 41.8 Å². The van der Waals surface area contributed by atoms with Gasteiger partial charge in [0.25, 0.3) is 0 Å². The molecule has 1 atom stereocenters. The second-order valence-corrected chi connectivity index (χ2v) is 5.90. The molecule has 0 bridgehead atoms. The van der Waals surface area contributed by atoms with Crippen LogP contribution in [0.4, 0.5) is 0 Å². The summed E-state index contributed by atoms with van der Waals surface area (Å²) < 4.78 is 1.09. The third-order valence-corrected chi connectivity index (χ3v) is 4.02. The SMILES string of the molecule is ClCC(Cc1ccc(Cl)cc1)c1cccc(Br)c1. The largest absolute Gasteiger partial charge is 0.126 e. The molecule has 94 valence electrons. The van der Waals surface area contributed by atoms with Crippen LogP contribution in [0.5, 0.6) is 0 Å². The summed E-state index contributed by atoms with van der Waals surface area (Å²) in [5.41, 5.74) is 2.51. The van der Waals surface area contributed by atoms with Gasteiger partial charge in [0.2, 0.25) is 0 Å². The van der Waals surface area contributed by atoms with Crippen LogP contribution in [0.15, 0.2) is 53.0 Å². The van der Waals surface area contributed by atoms with Gasteiger partial charge >= 0.3 is 0 Å². The Labute approximate surface area is 126 Å². The predicted octanol–water partition coefficient (Wildman–Crippen LogP) is 5.67. The summed E-state index contributed by atoms with van der Waals surface area (Å²) in [7, 11) is 0. The van der Waals surface area contributed by atoms with Crippen LogP contribution in [0.3, 0.4) is 0 Å². The molecule has 0 aliphatic carbocycles. The summed E-state index contributed by atoms with van der Waals surface area (Å²) in [5, 5.41) is 0.767. The van der Waals surface area contributed by atoms with Crippen molar-refractivity contribution in [2.24, 2.45) is 0 Å². The van der Waals surface area contributed by atoms with E-state index in [9.17, 15) is 0 Å². The lowest BCUT2D eigenvalue weighted by Crippen LogP contribution is -2.04. The molecular formula is C15H13BrCl2. The van der Waals surface area contributed by atoms with Gasteiger partial charge in [-0.1, -0.05) is 51.8 Å². The van der Waals surface area contributed by atoms with Gasteiger partial charge in [-0.3, -0.25) is 0 Å². The molecule has 0 saturated carbocycles. The maximum atomic E-state index is 6.09. The van der Waals surface area contributed by atoms with Crippen LogP contribution in [-0.4, -0.2) is 5.88 Å². The van der Waals surface area contributed by atoms with Gasteiger partial charge in [0.1, 0.15) is 0 Å². The zero-order chi connectivity index (χ0) is 13.0. The van der Waals surface area contributed by atoms with Gasteiger partial charge in [0.15, 0.2) is 0 Å². The van der Waals surface area contributed by atoms with Crippen molar-refractivity contribution in [2.75, 3.05) is 5.88 Å². The zero-order valence-corrected chi connectivity index (χ0v) is 12.8. The molecule has 18 heavy (non-hydrogen) atoms. The highest BCUT2D eigenvalue weighted by Crippen LogP contribution is 2.25. The molecule has 0 radical (unpaired) electrons. The first kappa shape index (κ1) is 13.9. The number of hydrogen-bond acceptors (Lipinski definition) is 0. The lowest BCUT2D eigenvalue weighted by atomic mass is 9.94. The molecule has 3 heteroatoms. The summed E-state index contributed by atoms with van der Waals surface area (Å²) >= 11 is 15.5. The highest BCUT2D eigenvalue weighted by Gasteiger charge is 2.11. The van der Waals surface area contributed by atoms with E-state index in [1.807, 2.05) is 24.3 Å². The molecular weight excluding hydrogens is 331 g/mol. The van der Waals surface area contributed by atoms with E-state index < -0.39 is 0 Å². The second-order valence-electron chi connectivity index (χ2n) is 4.24. The van der Waals surface area contributed by atoms with E-state index in [1.54, 1.807) is 0 Å². The highest BCUT2D eigenvalue weighted by molar-refractivity contribution is 9.10. The van der Waals surface area contributed by atoms with Gasteiger partial charge in [-0.2, -0.15) is 0 Å². The molecule has 1 unspecified atom stereocenters. The Kier molecular flexibility index (Phi) is 5.11. The Bertz CT molecular complexity index is 508. The van der Waals surface area contributed by atoms with Crippen LogP contribution < -0.4 is 0 Å². The quantitative estimate of drug-likeness (QED) is 0.627. The molecule has 0 saturated heterocycles. The molecule has 0 heterocycles. The normalized spacial score (nSPS) is 12.4. The monoisotopic (exact) mass is 342 g/mol. The average Bonchev–Trinajstić information content (AvgIpc) is 2.38. The van der Waals surface area contributed by atoms with Gasteiger partial charge in [0, 0.05) is 21.3 Å². The van der Waals surface area contributed by atoms with E-state index in [4.69, 9.17) is 23.2 Å². The molecule has 0 aromatic heterocycles. The first-order valence-corrected chi connectivity index (χ1v) is 7.45. The summed E-state index contributed by atoms with van der Waals surface area (Å²) in [6, 6.07) is 16.3. The van der Waals surface area contributed by atoms with Crippen LogP contribution in [0.25, 0.3) is 0 Å². The van der Waals surface area contributed by atoms with Crippen LogP contribution in [0, 0.1) is 0 Å². The minimum atomic E-state index is 0.324. The van der Waals surface area contributed by atoms with Crippen molar-refractivity contribution in [3.05, 3.63) is 69.2 Å². The average molecular weight is 344 g/mol. The van der Waals surface area contributed by atoms with Crippen molar-refractivity contribution in [3.63, 3.8) is 0 Å². The summed E-state index contributed by atoms with van der Waals surface area (Å²) in [4.78, 5) is 0. The first-order chi connectivity index (χ1) is 8.69. The molecule has 2 rings (SSSR count). The van der Waals surface area contributed by atoms with Crippen LogP contribution in [-0.2, 0) is 6.42 Å². The van der Waals surface area contributed by atoms with Crippen molar-refractivity contribution < 1.29 is 0 Å². The van der Waals surface area contributed by atoms with Gasteiger partial charge < -0.3 is 0 Å². The van der Waals surface area contributed by atoms with E-state index >= 15 is 0 Å². The standard InChI is InChI=1S/C15H13BrCl2/c16-14-3-1-2-12(9-14)13(10-17)8-11-4-6-15(18)7-5-11/h1-7,9,13H,8,10H2. The topological polar surface area (TPSA) is 0 Å². The van der Waals surface area contributed by atoms with Crippen LogP contribution >= 0.6 is 39.1 Å². The van der Waals surface area contributed by atoms with E-state index in [0.29, 0.717) is 11.8 Å². The Balaban J connectivity index is 2.17. The fourth-order valence-corrected chi connectivity index (χ4v) is 2.76. The van der Waals surface area contributed by atoms with Crippen molar-refractivity contribution in [1.82, 2.24) is 0 Å². The maximum Gasteiger partial charge on any atom is 0.0406 e. The third-order valence-electron chi connectivity index (χ3n) is 2.90. The van der Waals surface area contributed by atoms with Gasteiger partial charge in [0.05, 0.1) is 0 Å². The van der Waals surface area contributed by atoms with Crippen molar-refractivity contribution in [1.29, 1.82) is 0 Å². The number of halogens is 3.